The predicted molar refractivity (Wildman–Crippen MR) is 86.6 cm³/mol. The van der Waals surface area contributed by atoms with Crippen molar-refractivity contribution in [2.45, 2.75) is 70.4 Å². The summed E-state index contributed by atoms with van der Waals surface area (Å²) in [5.41, 5.74) is 0.0622. The zero-order chi connectivity index (χ0) is 15.0. The summed E-state index contributed by atoms with van der Waals surface area (Å²) in [4.78, 5) is 0. The highest BCUT2D eigenvalue weighted by atomic mass is 32.2. The van der Waals surface area contributed by atoms with Gasteiger partial charge in [0, 0.05) is 12.5 Å². The second-order valence-electron chi connectivity index (χ2n) is 7.37. The zero-order valence-electron chi connectivity index (χ0n) is 13.6. The third kappa shape index (κ3) is 3.15. The summed E-state index contributed by atoms with van der Waals surface area (Å²) in [6, 6.07) is 0. The Morgan fingerprint density at radius 2 is 1.86 bits per heavy atom. The number of ether oxygens (including phenoxy) is 2. The van der Waals surface area contributed by atoms with Crippen molar-refractivity contribution in [2.75, 3.05) is 18.1 Å². The molecule has 6 atom stereocenters. The van der Waals surface area contributed by atoms with Gasteiger partial charge in [-0.05, 0) is 62.9 Å². The maximum Gasteiger partial charge on any atom is 0.0701 e. The van der Waals surface area contributed by atoms with Crippen LogP contribution < -0.4 is 0 Å². The van der Waals surface area contributed by atoms with E-state index in [1.165, 1.54) is 11.5 Å². The van der Waals surface area contributed by atoms with Crippen LogP contribution >= 0.6 is 11.8 Å². The molecule has 3 nitrogen and oxygen atoms in total. The van der Waals surface area contributed by atoms with Crippen LogP contribution in [0.4, 0.5) is 0 Å². The summed E-state index contributed by atoms with van der Waals surface area (Å²) in [5.74, 6) is 3.51. The lowest BCUT2D eigenvalue weighted by molar-refractivity contribution is -0.131. The van der Waals surface area contributed by atoms with E-state index in [0.29, 0.717) is 11.8 Å². The van der Waals surface area contributed by atoms with E-state index in [9.17, 15) is 5.11 Å². The molecule has 3 heterocycles. The monoisotopic (exact) mass is 314 g/mol. The first-order chi connectivity index (χ1) is 10.0. The van der Waals surface area contributed by atoms with Crippen molar-refractivity contribution in [3.63, 3.8) is 0 Å². The molecule has 3 fully saturated rings. The zero-order valence-corrected chi connectivity index (χ0v) is 14.4. The van der Waals surface area contributed by atoms with E-state index in [1.54, 1.807) is 0 Å². The second kappa shape index (κ2) is 6.38. The Hall–Kier alpha value is 0.230. The summed E-state index contributed by atoms with van der Waals surface area (Å²) < 4.78 is 12.1. The lowest BCUT2D eigenvalue weighted by Crippen LogP contribution is -2.48. The molecule has 1 N–H and O–H groups in total. The number of hydrogen-bond donors (Lipinski definition) is 1. The molecule has 3 rings (SSSR count). The van der Waals surface area contributed by atoms with Crippen molar-refractivity contribution in [3.05, 3.63) is 0 Å². The molecule has 0 bridgehead atoms. The highest BCUT2D eigenvalue weighted by Gasteiger charge is 2.47. The van der Waals surface area contributed by atoms with E-state index < -0.39 is 0 Å². The third-order valence-corrected chi connectivity index (χ3v) is 7.12. The molecule has 3 aliphatic rings. The van der Waals surface area contributed by atoms with Gasteiger partial charge in [-0.2, -0.15) is 11.8 Å². The minimum absolute atomic E-state index is 0.0622. The summed E-state index contributed by atoms with van der Waals surface area (Å²) in [7, 11) is 0. The third-order valence-electron chi connectivity index (χ3n) is 6.13. The van der Waals surface area contributed by atoms with Crippen LogP contribution in [0.3, 0.4) is 0 Å². The van der Waals surface area contributed by atoms with Gasteiger partial charge in [0.15, 0.2) is 0 Å². The summed E-state index contributed by atoms with van der Waals surface area (Å²) in [6.07, 6.45) is 4.55. The Kier molecular flexibility index (Phi) is 4.90. The molecule has 0 aromatic rings. The van der Waals surface area contributed by atoms with Crippen molar-refractivity contribution in [3.8, 4) is 0 Å². The van der Waals surface area contributed by atoms with Crippen molar-refractivity contribution >= 4 is 11.8 Å². The molecule has 21 heavy (non-hydrogen) atoms. The molecule has 0 aromatic carbocycles. The number of aliphatic hydroxyl groups excluding tert-OH is 1. The Balaban J connectivity index is 1.68. The van der Waals surface area contributed by atoms with Gasteiger partial charge in [-0.3, -0.25) is 0 Å². The summed E-state index contributed by atoms with van der Waals surface area (Å²) >= 11 is 2.04. The quantitative estimate of drug-likeness (QED) is 0.850. The first kappa shape index (κ1) is 16.1. The van der Waals surface area contributed by atoms with Gasteiger partial charge in [-0.25, -0.2) is 0 Å². The van der Waals surface area contributed by atoms with Crippen LogP contribution in [0.1, 0.15) is 46.5 Å². The van der Waals surface area contributed by atoms with E-state index in [1.807, 2.05) is 11.8 Å². The summed E-state index contributed by atoms with van der Waals surface area (Å²) in [6.45, 7) is 7.31. The molecule has 122 valence electrons. The Labute approximate surface area is 133 Å². The van der Waals surface area contributed by atoms with Gasteiger partial charge in [0.2, 0.25) is 0 Å². The fourth-order valence-corrected chi connectivity index (χ4v) is 5.88. The number of hydrogen-bond acceptors (Lipinski definition) is 4. The minimum atomic E-state index is -0.240. The van der Waals surface area contributed by atoms with Crippen molar-refractivity contribution in [1.82, 2.24) is 0 Å². The molecule has 1 spiro atoms. The van der Waals surface area contributed by atoms with Crippen molar-refractivity contribution < 1.29 is 14.6 Å². The lowest BCUT2D eigenvalue weighted by atomic mass is 9.73. The molecule has 0 aliphatic carbocycles. The van der Waals surface area contributed by atoms with Crippen molar-refractivity contribution in [2.24, 2.45) is 17.8 Å². The number of rotatable bonds is 2. The number of thioether (sulfide) groups is 1. The largest absolute Gasteiger partial charge is 0.392 e. The Morgan fingerprint density at radius 1 is 1.14 bits per heavy atom. The van der Waals surface area contributed by atoms with Gasteiger partial charge in [0.05, 0.1) is 23.9 Å². The first-order valence-electron chi connectivity index (χ1n) is 8.58. The van der Waals surface area contributed by atoms with E-state index in [2.05, 4.69) is 20.8 Å². The maximum absolute atomic E-state index is 11.0. The van der Waals surface area contributed by atoms with Crippen LogP contribution in [0, 0.1) is 17.8 Å². The van der Waals surface area contributed by atoms with Gasteiger partial charge >= 0.3 is 0 Å². The van der Waals surface area contributed by atoms with Crippen molar-refractivity contribution in [1.29, 1.82) is 0 Å². The van der Waals surface area contributed by atoms with Crippen LogP contribution in [-0.4, -0.2) is 47.1 Å². The minimum Gasteiger partial charge on any atom is -0.392 e. The van der Waals surface area contributed by atoms with E-state index in [0.717, 1.165) is 32.3 Å². The molecule has 3 aliphatic heterocycles. The number of aliphatic hydroxyl groups is 1. The van der Waals surface area contributed by atoms with Gasteiger partial charge < -0.3 is 14.6 Å². The lowest BCUT2D eigenvalue weighted by Gasteiger charge is -2.45. The van der Waals surface area contributed by atoms with E-state index >= 15 is 0 Å². The van der Waals surface area contributed by atoms with E-state index in [4.69, 9.17) is 9.47 Å². The highest BCUT2D eigenvalue weighted by Crippen LogP contribution is 2.44. The normalized spacial score (nSPS) is 44.9. The van der Waals surface area contributed by atoms with Crippen LogP contribution in [0.2, 0.25) is 0 Å². The maximum atomic E-state index is 11.0. The highest BCUT2D eigenvalue weighted by molar-refractivity contribution is 7.99. The van der Waals surface area contributed by atoms with Crippen LogP contribution in [-0.2, 0) is 9.47 Å². The molecule has 0 saturated carbocycles. The first-order valence-corrected chi connectivity index (χ1v) is 9.73. The Bertz CT molecular complexity index is 350. The molecular formula is C17H30O3S. The van der Waals surface area contributed by atoms with E-state index in [-0.39, 0.29) is 29.8 Å². The Morgan fingerprint density at radius 3 is 2.48 bits per heavy atom. The standard InChI is InChI=1S/C17H30O3S/c1-11-12(2)20-13(3)15(11)16(18)14-4-7-19-17(10-14)5-8-21-9-6-17/h11-16,18H,4-10H2,1-3H3. The SMILES string of the molecule is CC1OC(C)C(C(O)C2CCOC3(CCSCC3)C2)C1C. The molecule has 0 aromatic heterocycles. The molecule has 3 saturated heterocycles. The fourth-order valence-electron chi connectivity index (χ4n) is 4.65. The molecular weight excluding hydrogens is 284 g/mol. The molecule has 6 unspecified atom stereocenters. The van der Waals surface area contributed by atoms with Crippen LogP contribution in [0.25, 0.3) is 0 Å². The van der Waals surface area contributed by atoms with Gasteiger partial charge in [0.1, 0.15) is 0 Å². The average molecular weight is 314 g/mol. The molecule has 0 amide bonds. The topological polar surface area (TPSA) is 38.7 Å². The summed E-state index contributed by atoms with van der Waals surface area (Å²) in [5, 5.41) is 11.0. The molecule has 4 heteroatoms. The van der Waals surface area contributed by atoms with Crippen LogP contribution in [0.5, 0.6) is 0 Å². The van der Waals surface area contributed by atoms with Gasteiger partial charge in [-0.15, -0.1) is 0 Å². The molecule has 0 radical (unpaired) electrons. The van der Waals surface area contributed by atoms with Gasteiger partial charge in [0.25, 0.3) is 0 Å². The smallest absolute Gasteiger partial charge is 0.0701 e. The average Bonchev–Trinajstić information content (AvgIpc) is 2.72. The predicted octanol–water partition coefficient (Wildman–Crippen LogP) is 3.10. The fraction of sp³-hybridized carbons (Fsp3) is 1.00. The second-order valence-corrected chi connectivity index (χ2v) is 8.59. The van der Waals surface area contributed by atoms with Crippen LogP contribution in [0.15, 0.2) is 0 Å². The van der Waals surface area contributed by atoms with Gasteiger partial charge in [-0.1, -0.05) is 6.92 Å².